The van der Waals surface area contributed by atoms with Gasteiger partial charge in [0.25, 0.3) is 0 Å². The Bertz CT molecular complexity index is 837. The molecule has 1 aromatic carbocycles. The highest BCUT2D eigenvalue weighted by atomic mass is 32.2. The summed E-state index contributed by atoms with van der Waals surface area (Å²) in [5.74, 6) is 1.64. The first-order chi connectivity index (χ1) is 11.5. The zero-order valence-corrected chi connectivity index (χ0v) is 15.5. The average molecular weight is 342 g/mol. The van der Waals surface area contributed by atoms with Gasteiger partial charge in [0.2, 0.25) is 5.89 Å². The van der Waals surface area contributed by atoms with E-state index in [-0.39, 0.29) is 11.2 Å². The Morgan fingerprint density at radius 3 is 2.67 bits per heavy atom. The average Bonchev–Trinajstić information content (AvgIpc) is 3.19. The van der Waals surface area contributed by atoms with Crippen LogP contribution in [0.3, 0.4) is 0 Å². The van der Waals surface area contributed by atoms with E-state index in [0.717, 1.165) is 16.7 Å². The van der Waals surface area contributed by atoms with Gasteiger partial charge in [0, 0.05) is 18.3 Å². The van der Waals surface area contributed by atoms with Crippen molar-refractivity contribution in [3.63, 3.8) is 0 Å². The van der Waals surface area contributed by atoms with Crippen molar-refractivity contribution < 1.29 is 4.52 Å². The molecule has 0 saturated heterocycles. The Labute approximate surface area is 146 Å². The van der Waals surface area contributed by atoms with Crippen LogP contribution in [-0.2, 0) is 0 Å². The minimum absolute atomic E-state index is 0.0382. The van der Waals surface area contributed by atoms with Crippen LogP contribution in [0, 0.1) is 13.8 Å². The molecule has 1 atom stereocenters. The molecular weight excluding hydrogens is 320 g/mol. The number of rotatable bonds is 5. The summed E-state index contributed by atoms with van der Waals surface area (Å²) < 4.78 is 7.52. The minimum atomic E-state index is 0.0382. The summed E-state index contributed by atoms with van der Waals surface area (Å²) in [7, 11) is 0. The van der Waals surface area contributed by atoms with Crippen molar-refractivity contribution in [3.05, 3.63) is 53.4 Å². The molecule has 0 fully saturated rings. The highest BCUT2D eigenvalue weighted by molar-refractivity contribution is 7.99. The fourth-order valence-corrected chi connectivity index (χ4v) is 3.32. The lowest BCUT2D eigenvalue weighted by Gasteiger charge is -2.13. The Hall–Kier alpha value is -2.08. The van der Waals surface area contributed by atoms with Crippen LogP contribution in [0.5, 0.6) is 0 Å². The van der Waals surface area contributed by atoms with E-state index in [1.165, 1.54) is 11.1 Å². The maximum absolute atomic E-state index is 5.41. The van der Waals surface area contributed by atoms with Crippen LogP contribution in [0.25, 0.3) is 5.69 Å². The van der Waals surface area contributed by atoms with Gasteiger partial charge >= 0.3 is 0 Å². The van der Waals surface area contributed by atoms with Gasteiger partial charge in [-0.05, 0) is 38.0 Å². The van der Waals surface area contributed by atoms with E-state index >= 15 is 0 Å². The molecule has 0 N–H and O–H groups in total. The van der Waals surface area contributed by atoms with Gasteiger partial charge in [-0.3, -0.25) is 4.57 Å². The van der Waals surface area contributed by atoms with Crippen molar-refractivity contribution in [3.8, 4) is 5.69 Å². The number of benzene rings is 1. The Kier molecular flexibility index (Phi) is 4.76. The minimum Gasteiger partial charge on any atom is -0.338 e. The number of thioether (sulfide) groups is 1. The molecule has 3 rings (SSSR count). The van der Waals surface area contributed by atoms with Gasteiger partial charge in [-0.1, -0.05) is 42.9 Å². The normalized spacial score (nSPS) is 12.8. The molecule has 0 aliphatic heterocycles. The number of nitrogens with zero attached hydrogens (tertiary/aromatic N) is 4. The molecule has 0 amide bonds. The first-order valence-electron chi connectivity index (χ1n) is 8.07. The molecule has 2 aromatic heterocycles. The van der Waals surface area contributed by atoms with Gasteiger partial charge in [0.05, 0.1) is 10.9 Å². The van der Waals surface area contributed by atoms with E-state index in [1.807, 2.05) is 12.4 Å². The topological polar surface area (TPSA) is 56.7 Å². The third-order valence-electron chi connectivity index (χ3n) is 4.05. The summed E-state index contributed by atoms with van der Waals surface area (Å²) >= 11 is 1.62. The molecule has 0 bridgehead atoms. The molecule has 0 aliphatic carbocycles. The second-order valence-electron chi connectivity index (χ2n) is 6.20. The van der Waals surface area contributed by atoms with Crippen LogP contribution in [-0.4, -0.2) is 19.7 Å². The summed E-state index contributed by atoms with van der Waals surface area (Å²) in [4.78, 5) is 9.00. The molecule has 3 aromatic rings. The van der Waals surface area contributed by atoms with Crippen LogP contribution in [0.4, 0.5) is 0 Å². The zero-order valence-electron chi connectivity index (χ0n) is 14.6. The fourth-order valence-electron chi connectivity index (χ4n) is 2.41. The van der Waals surface area contributed by atoms with Gasteiger partial charge in [-0.25, -0.2) is 4.98 Å². The van der Waals surface area contributed by atoms with Crippen LogP contribution >= 0.6 is 11.8 Å². The maximum atomic E-state index is 5.41. The van der Waals surface area contributed by atoms with Crippen LogP contribution < -0.4 is 0 Å². The lowest BCUT2D eigenvalue weighted by molar-refractivity contribution is 0.373. The summed E-state index contributed by atoms with van der Waals surface area (Å²) in [5, 5.41) is 5.00. The highest BCUT2D eigenvalue weighted by Gasteiger charge is 2.20. The largest absolute Gasteiger partial charge is 0.338 e. The maximum Gasteiger partial charge on any atom is 0.239 e. The lowest BCUT2D eigenvalue weighted by Crippen LogP contribution is -2.01. The van der Waals surface area contributed by atoms with Crippen molar-refractivity contribution in [2.24, 2.45) is 0 Å². The highest BCUT2D eigenvalue weighted by Crippen LogP contribution is 2.35. The van der Waals surface area contributed by atoms with Crippen LogP contribution in [0.1, 0.15) is 54.8 Å². The van der Waals surface area contributed by atoms with Gasteiger partial charge < -0.3 is 4.52 Å². The Morgan fingerprint density at radius 1 is 1.17 bits per heavy atom. The monoisotopic (exact) mass is 342 g/mol. The predicted octanol–water partition coefficient (Wildman–Crippen LogP) is 4.85. The van der Waals surface area contributed by atoms with Crippen LogP contribution in [0.15, 0.2) is 40.3 Å². The molecule has 0 radical (unpaired) electrons. The molecule has 126 valence electrons. The number of hydrogen-bond donors (Lipinski definition) is 0. The molecule has 0 saturated carbocycles. The van der Waals surface area contributed by atoms with Crippen molar-refractivity contribution in [2.45, 2.75) is 50.9 Å². The number of aryl methyl sites for hydroxylation is 1. The van der Waals surface area contributed by atoms with E-state index in [0.29, 0.717) is 5.89 Å². The third kappa shape index (κ3) is 3.24. The van der Waals surface area contributed by atoms with E-state index in [2.05, 4.69) is 72.5 Å². The molecule has 0 spiro atoms. The number of aromatic nitrogens is 4. The molecule has 0 unspecified atom stereocenters. The fraction of sp³-hybridized carbons (Fsp3) is 0.389. The lowest BCUT2D eigenvalue weighted by atomic mass is 10.1. The first-order valence-corrected chi connectivity index (χ1v) is 8.95. The molecule has 0 aliphatic rings. The van der Waals surface area contributed by atoms with E-state index in [1.54, 1.807) is 11.8 Å². The summed E-state index contributed by atoms with van der Waals surface area (Å²) in [6, 6.07) is 6.31. The molecule has 2 heterocycles. The first kappa shape index (κ1) is 16.8. The number of imidazole rings is 1. The SMILES string of the molecule is Cc1cccc(-n2ccnc2S[C@@H](C)c2nc(C(C)C)no2)c1C. The van der Waals surface area contributed by atoms with Gasteiger partial charge in [0.1, 0.15) is 0 Å². The molecule has 5 nitrogen and oxygen atoms in total. The summed E-state index contributed by atoms with van der Waals surface area (Å²) in [5.41, 5.74) is 3.67. The Balaban J connectivity index is 1.86. The molecule has 6 heteroatoms. The predicted molar refractivity (Wildman–Crippen MR) is 95.7 cm³/mol. The van der Waals surface area contributed by atoms with Gasteiger partial charge in [-0.2, -0.15) is 4.98 Å². The molecule has 24 heavy (non-hydrogen) atoms. The van der Waals surface area contributed by atoms with Crippen molar-refractivity contribution >= 4 is 11.8 Å². The second kappa shape index (κ2) is 6.81. The second-order valence-corrected chi connectivity index (χ2v) is 7.51. The van der Waals surface area contributed by atoms with Crippen molar-refractivity contribution in [1.82, 2.24) is 19.7 Å². The van der Waals surface area contributed by atoms with Gasteiger partial charge in [-0.15, -0.1) is 0 Å². The summed E-state index contributed by atoms with van der Waals surface area (Å²) in [6.45, 7) is 10.4. The van der Waals surface area contributed by atoms with Crippen molar-refractivity contribution in [2.75, 3.05) is 0 Å². The third-order valence-corrected chi connectivity index (χ3v) is 5.11. The van der Waals surface area contributed by atoms with E-state index in [9.17, 15) is 0 Å². The Morgan fingerprint density at radius 2 is 1.96 bits per heavy atom. The van der Waals surface area contributed by atoms with Gasteiger partial charge in [0.15, 0.2) is 11.0 Å². The standard InChI is InChI=1S/C18H22N4OS/c1-11(2)16-20-17(23-21-16)14(5)24-18-19-9-10-22(18)15-8-6-7-12(3)13(15)4/h6-11,14H,1-5H3/t14-/m0/s1. The van der Waals surface area contributed by atoms with Crippen molar-refractivity contribution in [1.29, 1.82) is 0 Å². The van der Waals surface area contributed by atoms with Crippen LogP contribution in [0.2, 0.25) is 0 Å². The number of hydrogen-bond acceptors (Lipinski definition) is 5. The zero-order chi connectivity index (χ0) is 17.3. The van der Waals surface area contributed by atoms with E-state index in [4.69, 9.17) is 4.52 Å². The quantitative estimate of drug-likeness (QED) is 0.620. The smallest absolute Gasteiger partial charge is 0.239 e. The molecular formula is C18H22N4OS. The van der Waals surface area contributed by atoms with E-state index < -0.39 is 0 Å². The summed E-state index contributed by atoms with van der Waals surface area (Å²) in [6.07, 6.45) is 3.81.